The summed E-state index contributed by atoms with van der Waals surface area (Å²) < 4.78 is 1.44. The van der Waals surface area contributed by atoms with Crippen LogP contribution in [0.1, 0.15) is 45.4 Å². The summed E-state index contributed by atoms with van der Waals surface area (Å²) in [6.45, 7) is 5.95. The van der Waals surface area contributed by atoms with Crippen LogP contribution in [0.4, 0.5) is 0 Å². The molecule has 6 heteroatoms. The molecule has 0 saturated carbocycles. The van der Waals surface area contributed by atoms with E-state index in [1.54, 1.807) is 6.20 Å². The molecule has 2 atom stereocenters. The number of rotatable bonds is 6. The van der Waals surface area contributed by atoms with E-state index in [9.17, 15) is 9.90 Å². The molecule has 0 aliphatic carbocycles. The lowest BCUT2D eigenvalue weighted by Crippen LogP contribution is -2.34. The van der Waals surface area contributed by atoms with E-state index < -0.39 is 6.10 Å². The Balaban J connectivity index is 2.51. The molecule has 1 heterocycles. The summed E-state index contributed by atoms with van der Waals surface area (Å²) >= 11 is 0. The Hall–Kier alpha value is -1.43. The molecule has 0 fully saturated rings. The highest BCUT2D eigenvalue weighted by Crippen LogP contribution is 2.11. The molecule has 1 aromatic heterocycles. The van der Waals surface area contributed by atoms with Crippen LogP contribution in [0, 0.1) is 0 Å². The SMILES string of the molecule is CCC(C)NC(=O)Cn1cc(C(O)CC)nn1. The van der Waals surface area contributed by atoms with E-state index in [1.165, 1.54) is 4.68 Å². The monoisotopic (exact) mass is 240 g/mol. The van der Waals surface area contributed by atoms with Gasteiger partial charge in [-0.2, -0.15) is 0 Å². The molecular formula is C11H20N4O2. The fraction of sp³-hybridized carbons (Fsp3) is 0.727. The molecule has 2 unspecified atom stereocenters. The molecule has 17 heavy (non-hydrogen) atoms. The van der Waals surface area contributed by atoms with Gasteiger partial charge in [-0.3, -0.25) is 4.79 Å². The molecule has 96 valence electrons. The molecule has 0 bridgehead atoms. The van der Waals surface area contributed by atoms with E-state index in [-0.39, 0.29) is 18.5 Å². The van der Waals surface area contributed by atoms with Crippen LogP contribution in [-0.2, 0) is 11.3 Å². The molecule has 1 amide bonds. The predicted molar refractivity (Wildman–Crippen MR) is 63.2 cm³/mol. The number of aliphatic hydroxyl groups excluding tert-OH is 1. The molecule has 0 aliphatic heterocycles. The van der Waals surface area contributed by atoms with Gasteiger partial charge in [-0.25, -0.2) is 4.68 Å². The Morgan fingerprint density at radius 3 is 2.82 bits per heavy atom. The summed E-state index contributed by atoms with van der Waals surface area (Å²) in [5.74, 6) is -0.0956. The third kappa shape index (κ3) is 4.14. The van der Waals surface area contributed by atoms with Crippen molar-refractivity contribution in [1.82, 2.24) is 20.3 Å². The van der Waals surface area contributed by atoms with Crippen LogP contribution in [0.5, 0.6) is 0 Å². The van der Waals surface area contributed by atoms with Crippen molar-refractivity contribution in [3.63, 3.8) is 0 Å². The Bertz CT molecular complexity index is 364. The number of aromatic nitrogens is 3. The van der Waals surface area contributed by atoms with Crippen molar-refractivity contribution < 1.29 is 9.90 Å². The van der Waals surface area contributed by atoms with E-state index >= 15 is 0 Å². The van der Waals surface area contributed by atoms with Crippen molar-refractivity contribution >= 4 is 5.91 Å². The quantitative estimate of drug-likeness (QED) is 0.764. The number of carbonyl (C=O) groups excluding carboxylic acids is 1. The maximum atomic E-state index is 11.6. The van der Waals surface area contributed by atoms with Gasteiger partial charge in [0.05, 0.1) is 12.3 Å². The Morgan fingerprint density at radius 2 is 2.24 bits per heavy atom. The molecule has 0 saturated heterocycles. The van der Waals surface area contributed by atoms with Crippen molar-refractivity contribution in [2.24, 2.45) is 0 Å². The van der Waals surface area contributed by atoms with Crippen molar-refractivity contribution in [3.8, 4) is 0 Å². The first-order chi connectivity index (χ1) is 8.06. The average molecular weight is 240 g/mol. The lowest BCUT2D eigenvalue weighted by molar-refractivity contribution is -0.122. The minimum Gasteiger partial charge on any atom is -0.387 e. The standard InChI is InChI=1S/C11H20N4O2/c1-4-8(3)12-11(17)7-15-6-9(13-14-15)10(16)5-2/h6,8,10,16H,4-5,7H2,1-3H3,(H,12,17). The maximum Gasteiger partial charge on any atom is 0.242 e. The van der Waals surface area contributed by atoms with Gasteiger partial charge in [0.2, 0.25) is 5.91 Å². The highest BCUT2D eigenvalue weighted by atomic mass is 16.3. The van der Waals surface area contributed by atoms with E-state index in [1.807, 2.05) is 20.8 Å². The summed E-state index contributed by atoms with van der Waals surface area (Å²) in [5, 5.41) is 20.0. The fourth-order valence-electron chi connectivity index (χ4n) is 1.32. The normalized spacial score (nSPS) is 14.4. The molecule has 1 aromatic rings. The number of hydrogen-bond acceptors (Lipinski definition) is 4. The summed E-state index contributed by atoms with van der Waals surface area (Å²) in [5.41, 5.74) is 0.504. The number of nitrogens with zero attached hydrogens (tertiary/aromatic N) is 3. The second-order valence-electron chi connectivity index (χ2n) is 4.14. The lowest BCUT2D eigenvalue weighted by atomic mass is 10.2. The molecule has 0 aliphatic rings. The Kier molecular flexibility index (Phi) is 5.09. The van der Waals surface area contributed by atoms with E-state index in [4.69, 9.17) is 0 Å². The number of amides is 1. The van der Waals surface area contributed by atoms with Crippen molar-refractivity contribution in [2.45, 2.75) is 52.3 Å². The number of hydrogen-bond donors (Lipinski definition) is 2. The second kappa shape index (κ2) is 6.34. The number of nitrogens with one attached hydrogen (secondary N) is 1. The first-order valence-electron chi connectivity index (χ1n) is 5.94. The molecule has 2 N–H and O–H groups in total. The van der Waals surface area contributed by atoms with E-state index in [0.29, 0.717) is 12.1 Å². The van der Waals surface area contributed by atoms with Crippen LogP contribution >= 0.6 is 0 Å². The molecule has 1 rings (SSSR count). The van der Waals surface area contributed by atoms with Crippen LogP contribution in [0.15, 0.2) is 6.20 Å². The average Bonchev–Trinajstić information content (AvgIpc) is 2.76. The smallest absolute Gasteiger partial charge is 0.242 e. The van der Waals surface area contributed by atoms with Gasteiger partial charge >= 0.3 is 0 Å². The second-order valence-corrected chi connectivity index (χ2v) is 4.14. The van der Waals surface area contributed by atoms with Crippen LogP contribution in [0.3, 0.4) is 0 Å². The van der Waals surface area contributed by atoms with Gasteiger partial charge in [-0.1, -0.05) is 19.1 Å². The molecular weight excluding hydrogens is 220 g/mol. The highest BCUT2D eigenvalue weighted by molar-refractivity contribution is 5.75. The Labute approximate surface area is 101 Å². The first-order valence-corrected chi connectivity index (χ1v) is 5.94. The van der Waals surface area contributed by atoms with Gasteiger partial charge < -0.3 is 10.4 Å². The zero-order valence-electron chi connectivity index (χ0n) is 10.6. The van der Waals surface area contributed by atoms with Crippen LogP contribution < -0.4 is 5.32 Å². The summed E-state index contributed by atoms with van der Waals surface area (Å²) in [6, 6.07) is 0.159. The third-order valence-electron chi connectivity index (χ3n) is 2.61. The van der Waals surface area contributed by atoms with Crippen LogP contribution in [0.25, 0.3) is 0 Å². The van der Waals surface area contributed by atoms with Gasteiger partial charge in [0.25, 0.3) is 0 Å². The van der Waals surface area contributed by atoms with Crippen molar-refractivity contribution in [2.75, 3.05) is 0 Å². The minimum atomic E-state index is -0.610. The topological polar surface area (TPSA) is 80.0 Å². The van der Waals surface area contributed by atoms with Gasteiger partial charge in [0, 0.05) is 6.04 Å². The molecule has 0 radical (unpaired) electrons. The minimum absolute atomic E-state index is 0.0956. The zero-order chi connectivity index (χ0) is 12.8. The molecule has 0 spiro atoms. The van der Waals surface area contributed by atoms with Crippen LogP contribution in [0.2, 0.25) is 0 Å². The molecule has 6 nitrogen and oxygen atoms in total. The first kappa shape index (κ1) is 13.6. The van der Waals surface area contributed by atoms with Gasteiger partial charge in [0.15, 0.2) is 0 Å². The van der Waals surface area contributed by atoms with E-state index in [2.05, 4.69) is 15.6 Å². The highest BCUT2D eigenvalue weighted by Gasteiger charge is 2.12. The predicted octanol–water partition coefficient (Wildman–Crippen LogP) is 0.636. The maximum absolute atomic E-state index is 11.6. The summed E-state index contributed by atoms with van der Waals surface area (Å²) in [7, 11) is 0. The van der Waals surface area contributed by atoms with Gasteiger partial charge in [-0.15, -0.1) is 5.10 Å². The van der Waals surface area contributed by atoms with Crippen molar-refractivity contribution in [1.29, 1.82) is 0 Å². The van der Waals surface area contributed by atoms with Gasteiger partial charge in [-0.05, 0) is 19.8 Å². The number of aliphatic hydroxyl groups is 1. The zero-order valence-corrected chi connectivity index (χ0v) is 10.6. The van der Waals surface area contributed by atoms with Crippen molar-refractivity contribution in [3.05, 3.63) is 11.9 Å². The Morgan fingerprint density at radius 1 is 1.53 bits per heavy atom. The largest absolute Gasteiger partial charge is 0.387 e. The third-order valence-corrected chi connectivity index (χ3v) is 2.61. The lowest BCUT2D eigenvalue weighted by Gasteiger charge is -2.10. The van der Waals surface area contributed by atoms with E-state index in [0.717, 1.165) is 6.42 Å². The summed E-state index contributed by atoms with van der Waals surface area (Å²) in [4.78, 5) is 11.6. The number of carbonyl (C=O) groups is 1. The summed E-state index contributed by atoms with van der Waals surface area (Å²) in [6.07, 6.45) is 2.46. The molecule has 0 aromatic carbocycles. The fourth-order valence-corrected chi connectivity index (χ4v) is 1.32. The van der Waals surface area contributed by atoms with Crippen LogP contribution in [-0.4, -0.2) is 32.0 Å². The van der Waals surface area contributed by atoms with Gasteiger partial charge in [0.1, 0.15) is 12.2 Å².